The fourth-order valence-electron chi connectivity index (χ4n) is 4.16. The van der Waals surface area contributed by atoms with Gasteiger partial charge in [-0.3, -0.25) is 0 Å². The minimum absolute atomic E-state index is 0.140. The minimum Gasteiger partial charge on any atom is -0.530 e. The van der Waals surface area contributed by atoms with Gasteiger partial charge in [0, 0.05) is 16.4 Å². The van der Waals surface area contributed by atoms with Crippen LogP contribution in [0.5, 0.6) is 5.75 Å². The van der Waals surface area contributed by atoms with Crippen LogP contribution in [-0.2, 0) is 0 Å². The van der Waals surface area contributed by atoms with Crippen LogP contribution in [0.15, 0.2) is 60.7 Å². The summed E-state index contributed by atoms with van der Waals surface area (Å²) < 4.78 is 120. The molecular formula is C26H11BF8O2. The van der Waals surface area contributed by atoms with E-state index < -0.39 is 81.1 Å². The summed E-state index contributed by atoms with van der Waals surface area (Å²) >= 11 is 0. The molecule has 5 aromatic carbocycles. The Balaban J connectivity index is 1.70. The molecule has 0 bridgehead atoms. The lowest BCUT2D eigenvalue weighted by Crippen LogP contribution is -2.38. The van der Waals surface area contributed by atoms with Crippen molar-refractivity contribution < 1.29 is 44.8 Å². The van der Waals surface area contributed by atoms with Crippen molar-refractivity contribution >= 4 is 34.1 Å². The van der Waals surface area contributed by atoms with Crippen molar-refractivity contribution in [3.8, 4) is 16.9 Å². The zero-order valence-corrected chi connectivity index (χ0v) is 18.2. The van der Waals surface area contributed by atoms with Crippen molar-refractivity contribution in [2.75, 3.05) is 0 Å². The van der Waals surface area contributed by atoms with Gasteiger partial charge < -0.3 is 9.68 Å². The van der Waals surface area contributed by atoms with Gasteiger partial charge in [-0.1, -0.05) is 36.4 Å². The molecule has 37 heavy (non-hydrogen) atoms. The summed E-state index contributed by atoms with van der Waals surface area (Å²) in [6, 6.07) is 10.9. The summed E-state index contributed by atoms with van der Waals surface area (Å²) in [5.74, 6) is -14.6. The number of rotatable bonds is 4. The molecule has 0 aliphatic carbocycles. The molecule has 0 radical (unpaired) electrons. The molecule has 0 fully saturated rings. The largest absolute Gasteiger partial charge is 0.560 e. The first-order valence-corrected chi connectivity index (χ1v) is 10.6. The van der Waals surface area contributed by atoms with Crippen molar-refractivity contribution in [2.24, 2.45) is 0 Å². The molecule has 5 aromatic rings. The number of fused-ring (bicyclic) bond motifs is 2. The van der Waals surface area contributed by atoms with Gasteiger partial charge in [0.05, 0.1) is 10.8 Å². The Morgan fingerprint density at radius 1 is 0.568 bits per heavy atom. The molecule has 0 aromatic heterocycles. The Bertz CT molecular complexity index is 1720. The van der Waals surface area contributed by atoms with Crippen LogP contribution in [0.1, 0.15) is 0 Å². The van der Waals surface area contributed by atoms with E-state index in [1.807, 2.05) is 0 Å². The quantitative estimate of drug-likeness (QED) is 0.127. The second-order valence-electron chi connectivity index (χ2n) is 8.00. The van der Waals surface area contributed by atoms with Crippen LogP contribution in [0.4, 0.5) is 35.1 Å². The highest BCUT2D eigenvalue weighted by Crippen LogP contribution is 2.39. The van der Waals surface area contributed by atoms with Crippen molar-refractivity contribution in [3.63, 3.8) is 0 Å². The first-order valence-electron chi connectivity index (χ1n) is 10.6. The maximum Gasteiger partial charge on any atom is 0.560 e. The van der Waals surface area contributed by atoms with Crippen LogP contribution >= 0.6 is 0 Å². The van der Waals surface area contributed by atoms with Crippen LogP contribution < -0.4 is 10.1 Å². The Morgan fingerprint density at radius 2 is 1.30 bits per heavy atom. The van der Waals surface area contributed by atoms with E-state index in [4.69, 9.17) is 4.65 Å². The molecule has 0 amide bonds. The molecular weight excluding hydrogens is 507 g/mol. The smallest absolute Gasteiger partial charge is 0.530 e. The van der Waals surface area contributed by atoms with E-state index in [2.05, 4.69) is 0 Å². The van der Waals surface area contributed by atoms with Gasteiger partial charge in [-0.25, -0.2) is 30.7 Å². The average Bonchev–Trinajstić information content (AvgIpc) is 2.88. The van der Waals surface area contributed by atoms with Crippen molar-refractivity contribution in [1.82, 2.24) is 0 Å². The summed E-state index contributed by atoms with van der Waals surface area (Å²) in [4.78, 5) is 0. The maximum atomic E-state index is 15.1. The third-order valence-corrected chi connectivity index (χ3v) is 5.88. The molecule has 5 rings (SSSR count). The molecule has 186 valence electrons. The van der Waals surface area contributed by atoms with Gasteiger partial charge in [0.25, 0.3) is 0 Å². The molecule has 0 aliphatic heterocycles. The van der Waals surface area contributed by atoms with Gasteiger partial charge in [-0.2, -0.15) is 4.39 Å². The predicted molar refractivity (Wildman–Crippen MR) is 121 cm³/mol. The monoisotopic (exact) mass is 518 g/mol. The van der Waals surface area contributed by atoms with E-state index in [-0.39, 0.29) is 16.4 Å². The fraction of sp³-hybridized carbons (Fsp3) is 0. The van der Waals surface area contributed by atoms with E-state index in [9.17, 15) is 35.8 Å². The third-order valence-electron chi connectivity index (χ3n) is 5.88. The number of hydrogen-bond acceptors (Lipinski definition) is 2. The van der Waals surface area contributed by atoms with Gasteiger partial charge in [0.1, 0.15) is 17.4 Å². The number of halogens is 8. The SMILES string of the molecule is OB(Oc1c(F)c(F)c(F)c2c(F)c3c(F)cccc3cc12)c1ccccc1-c1ccc(F)c(F)c1F. The Hall–Kier alpha value is -4.12. The zero-order valence-electron chi connectivity index (χ0n) is 18.2. The molecule has 0 saturated heterocycles. The molecule has 11 heteroatoms. The predicted octanol–water partition coefficient (Wildman–Crippen LogP) is 6.54. The summed E-state index contributed by atoms with van der Waals surface area (Å²) in [7, 11) is -2.21. The molecule has 0 unspecified atom stereocenters. The van der Waals surface area contributed by atoms with Crippen LogP contribution in [0.2, 0.25) is 0 Å². The topological polar surface area (TPSA) is 29.5 Å². The van der Waals surface area contributed by atoms with Gasteiger partial charge in [-0.05, 0) is 35.2 Å². The van der Waals surface area contributed by atoms with E-state index >= 15 is 4.39 Å². The Morgan fingerprint density at radius 3 is 2.05 bits per heavy atom. The minimum atomic E-state index is -2.21. The van der Waals surface area contributed by atoms with E-state index in [0.29, 0.717) is 6.07 Å². The van der Waals surface area contributed by atoms with Crippen LogP contribution in [-0.4, -0.2) is 12.1 Å². The normalized spacial score (nSPS) is 11.4. The van der Waals surface area contributed by atoms with Crippen LogP contribution in [0, 0.1) is 46.5 Å². The second kappa shape index (κ2) is 9.08. The average molecular weight is 518 g/mol. The Kier molecular flexibility index (Phi) is 6.03. The molecule has 0 atom stereocenters. The molecule has 0 heterocycles. The summed E-state index contributed by atoms with van der Waals surface area (Å²) in [5, 5.41) is 8.15. The summed E-state index contributed by atoms with van der Waals surface area (Å²) in [6.07, 6.45) is 0. The van der Waals surface area contributed by atoms with Crippen LogP contribution in [0.25, 0.3) is 32.7 Å². The summed E-state index contributed by atoms with van der Waals surface area (Å²) in [5.41, 5.74) is -0.977. The lowest BCUT2D eigenvalue weighted by atomic mass is 9.74. The van der Waals surface area contributed by atoms with Crippen LogP contribution in [0.3, 0.4) is 0 Å². The highest BCUT2D eigenvalue weighted by Gasteiger charge is 2.31. The van der Waals surface area contributed by atoms with E-state index in [1.165, 1.54) is 36.4 Å². The zero-order chi connectivity index (χ0) is 26.6. The third kappa shape index (κ3) is 3.86. The van der Waals surface area contributed by atoms with Gasteiger partial charge in [0.15, 0.2) is 29.1 Å². The highest BCUT2D eigenvalue weighted by atomic mass is 19.2. The second-order valence-corrected chi connectivity index (χ2v) is 8.00. The lowest BCUT2D eigenvalue weighted by Gasteiger charge is -2.18. The standard InChI is InChI=1S/C26H11BF8O2/c28-16-7-3-4-11-10-14-19(22(32)18(11)16)23(33)24(34)25(35)26(14)37-27(36)15-6-2-1-5-12(15)13-8-9-17(29)21(31)20(13)30/h1-10,36H. The molecule has 0 aliphatic rings. The van der Waals surface area contributed by atoms with Gasteiger partial charge in [-0.15, -0.1) is 0 Å². The van der Waals surface area contributed by atoms with Crippen molar-refractivity contribution in [1.29, 1.82) is 0 Å². The van der Waals surface area contributed by atoms with E-state index in [0.717, 1.165) is 18.2 Å². The first-order chi connectivity index (χ1) is 17.6. The Labute approximate surface area is 203 Å². The molecule has 0 spiro atoms. The van der Waals surface area contributed by atoms with Crippen molar-refractivity contribution in [3.05, 3.63) is 107 Å². The molecule has 1 N–H and O–H groups in total. The summed E-state index contributed by atoms with van der Waals surface area (Å²) in [6.45, 7) is 0. The maximum absolute atomic E-state index is 15.1. The highest BCUT2D eigenvalue weighted by molar-refractivity contribution is 6.62. The molecule has 2 nitrogen and oxygen atoms in total. The number of benzene rings is 5. The van der Waals surface area contributed by atoms with Gasteiger partial charge >= 0.3 is 7.12 Å². The van der Waals surface area contributed by atoms with Crippen molar-refractivity contribution in [2.45, 2.75) is 0 Å². The fourth-order valence-corrected chi connectivity index (χ4v) is 4.16. The van der Waals surface area contributed by atoms with Gasteiger partial charge in [0.2, 0.25) is 5.82 Å². The first kappa shape index (κ1) is 24.6. The van der Waals surface area contributed by atoms with E-state index in [1.54, 1.807) is 0 Å². The number of hydrogen-bond donors (Lipinski definition) is 1. The lowest BCUT2D eigenvalue weighted by molar-refractivity contribution is 0.391. The molecule has 0 saturated carbocycles.